The molecule has 7 heteroatoms. The molecule has 1 fully saturated rings. The maximum Gasteiger partial charge on any atom is 0.251 e. The lowest BCUT2D eigenvalue weighted by Gasteiger charge is -2.16. The van der Waals surface area contributed by atoms with Crippen LogP contribution in [0.5, 0.6) is 0 Å². The minimum absolute atomic E-state index is 0. The summed E-state index contributed by atoms with van der Waals surface area (Å²) in [5.41, 5.74) is 2.34. The summed E-state index contributed by atoms with van der Waals surface area (Å²) in [6.07, 6.45) is 2.69. The van der Waals surface area contributed by atoms with Crippen molar-refractivity contribution in [1.29, 1.82) is 0 Å². The molecular formula is C23H30FIN4O. The van der Waals surface area contributed by atoms with Crippen molar-refractivity contribution >= 4 is 35.8 Å². The molecule has 2 aromatic rings. The molecule has 0 heterocycles. The lowest BCUT2D eigenvalue weighted by Crippen LogP contribution is -2.39. The van der Waals surface area contributed by atoms with E-state index < -0.39 is 0 Å². The third kappa shape index (κ3) is 6.17. The minimum Gasteiger partial charge on any atom is -0.357 e. The Hall–Kier alpha value is -2.16. The molecule has 3 N–H and O–H groups in total. The van der Waals surface area contributed by atoms with Crippen molar-refractivity contribution in [2.45, 2.75) is 31.6 Å². The molecule has 1 amide bonds. The van der Waals surface area contributed by atoms with Crippen molar-refractivity contribution in [3.05, 3.63) is 71.0 Å². The zero-order chi connectivity index (χ0) is 20.7. The Morgan fingerprint density at radius 2 is 1.90 bits per heavy atom. The second kappa shape index (κ2) is 11.3. The van der Waals surface area contributed by atoms with Crippen molar-refractivity contribution in [2.24, 2.45) is 4.99 Å². The number of amides is 1. The third-order valence-electron chi connectivity index (χ3n) is 5.31. The van der Waals surface area contributed by atoms with E-state index in [4.69, 9.17) is 4.99 Å². The Labute approximate surface area is 195 Å². The third-order valence-corrected chi connectivity index (χ3v) is 5.31. The zero-order valence-corrected chi connectivity index (χ0v) is 19.8. The maximum atomic E-state index is 14.2. The first-order chi connectivity index (χ1) is 14.1. The van der Waals surface area contributed by atoms with Crippen LogP contribution in [0, 0.1) is 5.82 Å². The summed E-state index contributed by atoms with van der Waals surface area (Å²) in [5.74, 6) is 0.504. The summed E-state index contributed by atoms with van der Waals surface area (Å²) in [6.45, 7) is 4.03. The normalized spacial score (nSPS) is 14.4. The fourth-order valence-corrected chi connectivity index (χ4v) is 3.46. The van der Waals surface area contributed by atoms with Gasteiger partial charge in [-0.3, -0.25) is 9.79 Å². The van der Waals surface area contributed by atoms with E-state index in [0.717, 1.165) is 42.9 Å². The van der Waals surface area contributed by atoms with Gasteiger partial charge in [0.1, 0.15) is 5.82 Å². The van der Waals surface area contributed by atoms with Crippen LogP contribution in [-0.4, -0.2) is 38.5 Å². The van der Waals surface area contributed by atoms with Gasteiger partial charge in [-0.2, -0.15) is 0 Å². The molecule has 162 valence electrons. The number of guanidine groups is 1. The molecule has 1 saturated carbocycles. The molecule has 3 rings (SSSR count). The number of aliphatic imine (C=N–C) groups is 1. The predicted molar refractivity (Wildman–Crippen MR) is 130 cm³/mol. The van der Waals surface area contributed by atoms with Crippen molar-refractivity contribution in [3.63, 3.8) is 0 Å². The van der Waals surface area contributed by atoms with E-state index in [1.807, 2.05) is 37.3 Å². The van der Waals surface area contributed by atoms with E-state index in [2.05, 4.69) is 16.0 Å². The number of halogens is 2. The Bertz CT molecular complexity index is 883. The van der Waals surface area contributed by atoms with E-state index >= 15 is 0 Å². The van der Waals surface area contributed by atoms with Gasteiger partial charge in [-0.15, -0.1) is 24.0 Å². The smallest absolute Gasteiger partial charge is 0.251 e. The summed E-state index contributed by atoms with van der Waals surface area (Å²) in [7, 11) is 1.63. The van der Waals surface area contributed by atoms with Crippen LogP contribution in [-0.2, 0) is 11.8 Å². The van der Waals surface area contributed by atoms with E-state index in [9.17, 15) is 9.18 Å². The minimum atomic E-state index is -0.171. The molecule has 0 aliphatic heterocycles. The molecule has 0 saturated heterocycles. The van der Waals surface area contributed by atoms with Gasteiger partial charge in [-0.1, -0.05) is 30.3 Å². The quantitative estimate of drug-likeness (QED) is 0.281. The van der Waals surface area contributed by atoms with Crippen LogP contribution in [0.1, 0.15) is 41.3 Å². The van der Waals surface area contributed by atoms with Crippen molar-refractivity contribution in [1.82, 2.24) is 16.0 Å². The number of benzene rings is 2. The molecule has 1 aliphatic rings. The molecule has 0 aromatic heterocycles. The fourth-order valence-electron chi connectivity index (χ4n) is 3.46. The van der Waals surface area contributed by atoms with Gasteiger partial charge in [0.25, 0.3) is 5.91 Å². The summed E-state index contributed by atoms with van der Waals surface area (Å²) < 4.78 is 14.2. The van der Waals surface area contributed by atoms with Crippen LogP contribution in [0.25, 0.3) is 0 Å². The van der Waals surface area contributed by atoms with Gasteiger partial charge in [-0.05, 0) is 55.5 Å². The van der Waals surface area contributed by atoms with Gasteiger partial charge >= 0.3 is 0 Å². The molecule has 0 atom stereocenters. The average Bonchev–Trinajstić information content (AvgIpc) is 3.53. The second-order valence-electron chi connectivity index (χ2n) is 7.41. The molecular weight excluding hydrogens is 494 g/mol. The molecule has 0 unspecified atom stereocenters. The summed E-state index contributed by atoms with van der Waals surface area (Å²) in [4.78, 5) is 16.5. The van der Waals surface area contributed by atoms with Gasteiger partial charge in [0.15, 0.2) is 5.96 Å². The van der Waals surface area contributed by atoms with E-state index in [1.165, 1.54) is 6.07 Å². The van der Waals surface area contributed by atoms with Crippen LogP contribution in [0.2, 0.25) is 0 Å². The number of nitrogens with one attached hydrogen (secondary N) is 3. The van der Waals surface area contributed by atoms with E-state index in [0.29, 0.717) is 18.7 Å². The Morgan fingerprint density at radius 1 is 1.13 bits per heavy atom. The number of hydrogen-bond donors (Lipinski definition) is 3. The lowest BCUT2D eigenvalue weighted by molar-refractivity contribution is 0.0963. The number of hydrogen-bond acceptors (Lipinski definition) is 2. The van der Waals surface area contributed by atoms with Crippen LogP contribution in [0.4, 0.5) is 4.39 Å². The highest BCUT2D eigenvalue weighted by Gasteiger charge is 2.45. The molecule has 30 heavy (non-hydrogen) atoms. The molecule has 1 aliphatic carbocycles. The standard InChI is InChI=1S/C23H29FN4O.HI/c1-3-26-22(27-14-11-17-7-6-8-18(15-17)21(29)25-2)28-16-23(12-13-23)19-9-4-5-10-20(19)24;/h4-10,15H,3,11-14,16H2,1-2H3,(H,25,29)(H2,26,27,28);1H. The van der Waals surface area contributed by atoms with Gasteiger partial charge < -0.3 is 16.0 Å². The average molecular weight is 524 g/mol. The molecule has 2 aromatic carbocycles. The van der Waals surface area contributed by atoms with Crippen LogP contribution in [0.15, 0.2) is 53.5 Å². The van der Waals surface area contributed by atoms with E-state index in [-0.39, 0.29) is 41.1 Å². The van der Waals surface area contributed by atoms with Gasteiger partial charge in [-0.25, -0.2) is 4.39 Å². The topological polar surface area (TPSA) is 65.5 Å². The first-order valence-corrected chi connectivity index (χ1v) is 10.2. The first kappa shape index (κ1) is 24.1. The lowest BCUT2D eigenvalue weighted by atomic mass is 9.95. The summed E-state index contributed by atoms with van der Waals surface area (Å²) in [6, 6.07) is 14.6. The first-order valence-electron chi connectivity index (χ1n) is 10.2. The van der Waals surface area contributed by atoms with Gasteiger partial charge in [0.2, 0.25) is 0 Å². The fraction of sp³-hybridized carbons (Fsp3) is 0.391. The van der Waals surface area contributed by atoms with Gasteiger partial charge in [0, 0.05) is 31.1 Å². The van der Waals surface area contributed by atoms with Crippen LogP contribution >= 0.6 is 24.0 Å². The highest BCUT2D eigenvalue weighted by atomic mass is 127. The molecule has 0 spiro atoms. The molecule has 5 nitrogen and oxygen atoms in total. The Morgan fingerprint density at radius 3 is 2.57 bits per heavy atom. The molecule has 0 radical (unpaired) electrons. The summed E-state index contributed by atoms with van der Waals surface area (Å²) >= 11 is 0. The SMILES string of the molecule is CCNC(=NCC1(c2ccccc2F)CC1)NCCc1cccc(C(=O)NC)c1.I. The second-order valence-corrected chi connectivity index (χ2v) is 7.41. The largest absolute Gasteiger partial charge is 0.357 e. The summed E-state index contributed by atoms with van der Waals surface area (Å²) in [5, 5.41) is 9.24. The highest BCUT2D eigenvalue weighted by molar-refractivity contribution is 14.0. The zero-order valence-electron chi connectivity index (χ0n) is 17.5. The Balaban J connectivity index is 0.00000320. The number of carbonyl (C=O) groups excluding carboxylic acids is 1. The maximum absolute atomic E-state index is 14.2. The Kier molecular flexibility index (Phi) is 9.08. The van der Waals surface area contributed by atoms with Gasteiger partial charge in [0.05, 0.1) is 6.54 Å². The van der Waals surface area contributed by atoms with Crippen molar-refractivity contribution < 1.29 is 9.18 Å². The van der Waals surface area contributed by atoms with Crippen LogP contribution in [0.3, 0.4) is 0 Å². The molecule has 0 bridgehead atoms. The highest BCUT2D eigenvalue weighted by Crippen LogP contribution is 2.49. The number of rotatable bonds is 8. The van der Waals surface area contributed by atoms with Crippen molar-refractivity contribution in [2.75, 3.05) is 26.7 Å². The monoisotopic (exact) mass is 524 g/mol. The van der Waals surface area contributed by atoms with Crippen molar-refractivity contribution in [3.8, 4) is 0 Å². The van der Waals surface area contributed by atoms with E-state index in [1.54, 1.807) is 19.2 Å². The number of nitrogens with zero attached hydrogens (tertiary/aromatic N) is 1. The predicted octanol–water partition coefficient (Wildman–Crippen LogP) is 3.63. The van der Waals surface area contributed by atoms with Crippen LogP contribution < -0.4 is 16.0 Å². The number of carbonyl (C=O) groups is 1.